The van der Waals surface area contributed by atoms with E-state index in [0.717, 1.165) is 17.5 Å². The van der Waals surface area contributed by atoms with Crippen LogP contribution in [0.25, 0.3) is 0 Å². The fraction of sp³-hybridized carbons (Fsp3) is 0.222. The number of hydrogen-bond acceptors (Lipinski definition) is 3. The second-order valence-electron chi connectivity index (χ2n) is 2.98. The van der Waals surface area contributed by atoms with Gasteiger partial charge in [0, 0.05) is 13.2 Å². The number of aromatic amines is 1. The lowest BCUT2D eigenvalue weighted by molar-refractivity contribution is 0.851. The molecule has 5 nitrogen and oxygen atoms in total. The van der Waals surface area contributed by atoms with E-state index in [1.807, 2.05) is 36.9 Å². The predicted octanol–water partition coefficient (Wildman–Crippen LogP) is 1.20. The fourth-order valence-corrected chi connectivity index (χ4v) is 1.06. The molecule has 0 fully saturated rings. The first-order valence-electron chi connectivity index (χ1n) is 4.31. The minimum Gasteiger partial charge on any atom is -0.347 e. The van der Waals surface area contributed by atoms with Crippen LogP contribution in [0.2, 0.25) is 0 Å². The average molecular weight is 189 g/mol. The summed E-state index contributed by atoms with van der Waals surface area (Å²) >= 11 is 0. The van der Waals surface area contributed by atoms with Gasteiger partial charge in [-0.3, -0.25) is 0 Å². The van der Waals surface area contributed by atoms with E-state index in [2.05, 4.69) is 20.2 Å². The van der Waals surface area contributed by atoms with Gasteiger partial charge in [0.25, 0.3) is 0 Å². The number of aliphatic imine (C=N–C) groups is 1. The second-order valence-corrected chi connectivity index (χ2v) is 2.98. The molecule has 0 amide bonds. The summed E-state index contributed by atoms with van der Waals surface area (Å²) < 4.78 is 1.88. The molecule has 0 bridgehead atoms. The lowest BCUT2D eigenvalue weighted by Gasteiger charge is -1.93. The van der Waals surface area contributed by atoms with Crippen molar-refractivity contribution in [2.75, 3.05) is 0 Å². The largest absolute Gasteiger partial charge is 0.347 e. The van der Waals surface area contributed by atoms with Crippen LogP contribution in [0.5, 0.6) is 0 Å². The molecule has 0 saturated heterocycles. The van der Waals surface area contributed by atoms with Gasteiger partial charge < -0.3 is 9.55 Å². The number of nitrogens with one attached hydrogen (secondary N) is 1. The average Bonchev–Trinajstić information content (AvgIpc) is 2.77. The topological polar surface area (TPSA) is 58.9 Å². The van der Waals surface area contributed by atoms with Gasteiger partial charge in [-0.1, -0.05) is 0 Å². The van der Waals surface area contributed by atoms with Gasteiger partial charge in [0.2, 0.25) is 0 Å². The van der Waals surface area contributed by atoms with Crippen molar-refractivity contribution in [2.45, 2.75) is 6.92 Å². The molecular formula is C9H11N5. The second kappa shape index (κ2) is 3.45. The first-order chi connectivity index (χ1) is 6.77. The van der Waals surface area contributed by atoms with Gasteiger partial charge in [0.15, 0.2) is 5.82 Å². The van der Waals surface area contributed by atoms with Crippen molar-refractivity contribution in [3.05, 3.63) is 30.0 Å². The highest BCUT2D eigenvalue weighted by Crippen LogP contribution is 2.05. The van der Waals surface area contributed by atoms with Crippen molar-refractivity contribution < 1.29 is 0 Å². The Morgan fingerprint density at radius 3 is 2.93 bits per heavy atom. The Morgan fingerprint density at radius 1 is 1.50 bits per heavy atom. The quantitative estimate of drug-likeness (QED) is 0.721. The van der Waals surface area contributed by atoms with E-state index < -0.39 is 0 Å². The molecule has 5 heteroatoms. The maximum absolute atomic E-state index is 4.21. The van der Waals surface area contributed by atoms with Crippen LogP contribution in [0.15, 0.2) is 23.3 Å². The number of hydrogen-bond donors (Lipinski definition) is 1. The van der Waals surface area contributed by atoms with Crippen LogP contribution in [0.4, 0.5) is 5.82 Å². The summed E-state index contributed by atoms with van der Waals surface area (Å²) in [7, 11) is 1.91. The van der Waals surface area contributed by atoms with Gasteiger partial charge >= 0.3 is 0 Å². The first-order valence-corrected chi connectivity index (χ1v) is 4.31. The molecule has 72 valence electrons. The lowest BCUT2D eigenvalue weighted by atomic mass is 10.6. The Hall–Kier alpha value is -1.91. The minimum atomic E-state index is 0.747. The molecule has 0 aromatic carbocycles. The molecule has 0 radical (unpaired) electrons. The number of aromatic nitrogens is 4. The Morgan fingerprint density at radius 2 is 2.36 bits per heavy atom. The molecule has 1 N–H and O–H groups in total. The summed E-state index contributed by atoms with van der Waals surface area (Å²) in [4.78, 5) is 7.19. The van der Waals surface area contributed by atoms with Gasteiger partial charge in [0.05, 0.1) is 6.21 Å². The van der Waals surface area contributed by atoms with Crippen molar-refractivity contribution in [1.29, 1.82) is 0 Å². The Labute approximate surface area is 81.5 Å². The van der Waals surface area contributed by atoms with Gasteiger partial charge in [-0.2, -0.15) is 0 Å². The third kappa shape index (κ3) is 1.56. The van der Waals surface area contributed by atoms with Gasteiger partial charge in [-0.25, -0.2) is 4.99 Å². The molecular weight excluding hydrogens is 178 g/mol. The van der Waals surface area contributed by atoms with Crippen LogP contribution >= 0.6 is 0 Å². The van der Waals surface area contributed by atoms with Crippen molar-refractivity contribution >= 4 is 12.0 Å². The zero-order valence-electron chi connectivity index (χ0n) is 8.10. The third-order valence-corrected chi connectivity index (χ3v) is 2.03. The summed E-state index contributed by atoms with van der Waals surface area (Å²) in [5.74, 6) is 2.43. The van der Waals surface area contributed by atoms with Crippen LogP contribution < -0.4 is 0 Å². The van der Waals surface area contributed by atoms with E-state index in [0.29, 0.717) is 0 Å². The maximum atomic E-state index is 4.21. The van der Waals surface area contributed by atoms with Crippen LogP contribution in [-0.2, 0) is 7.05 Å². The van der Waals surface area contributed by atoms with E-state index in [1.165, 1.54) is 0 Å². The Balaban J connectivity index is 2.23. The highest BCUT2D eigenvalue weighted by Gasteiger charge is 2.00. The number of H-pyrrole nitrogens is 1. The molecule has 0 spiro atoms. The first kappa shape index (κ1) is 8.68. The van der Waals surface area contributed by atoms with Crippen molar-refractivity contribution in [3.63, 3.8) is 0 Å². The molecule has 2 aromatic rings. The molecule has 14 heavy (non-hydrogen) atoms. The van der Waals surface area contributed by atoms with Crippen LogP contribution in [0.3, 0.4) is 0 Å². The molecule has 0 aliphatic carbocycles. The smallest absolute Gasteiger partial charge is 0.174 e. The van der Waals surface area contributed by atoms with Gasteiger partial charge in [0.1, 0.15) is 11.6 Å². The fourth-order valence-electron chi connectivity index (χ4n) is 1.06. The highest BCUT2D eigenvalue weighted by molar-refractivity contribution is 5.76. The molecule has 0 unspecified atom stereocenters. The number of aryl methyl sites for hydroxylation is 1. The maximum Gasteiger partial charge on any atom is 0.174 e. The predicted molar refractivity (Wildman–Crippen MR) is 53.8 cm³/mol. The van der Waals surface area contributed by atoms with E-state index in [1.54, 1.807) is 6.21 Å². The molecule has 0 atom stereocenters. The summed E-state index contributed by atoms with van der Waals surface area (Å²) in [6, 6.07) is 3.79. The molecule has 0 aliphatic rings. The van der Waals surface area contributed by atoms with Crippen LogP contribution in [-0.4, -0.2) is 26.0 Å². The zero-order valence-corrected chi connectivity index (χ0v) is 8.10. The van der Waals surface area contributed by atoms with E-state index in [4.69, 9.17) is 0 Å². The van der Waals surface area contributed by atoms with Crippen LogP contribution in [0, 0.1) is 6.92 Å². The highest BCUT2D eigenvalue weighted by atomic mass is 15.3. The van der Waals surface area contributed by atoms with Crippen molar-refractivity contribution in [1.82, 2.24) is 19.7 Å². The summed E-state index contributed by atoms with van der Waals surface area (Å²) in [6.45, 7) is 1.90. The monoisotopic (exact) mass is 189 g/mol. The Bertz CT molecular complexity index is 438. The normalized spacial score (nSPS) is 11.3. The standard InChI is InChI=1S/C9H11N5/c1-7-12-13-9(14(7)2)6-11-8-4-3-5-10-8/h3-6,10H,1-2H3. The molecule has 2 aromatic heterocycles. The zero-order chi connectivity index (χ0) is 9.97. The molecule has 0 aliphatic heterocycles. The van der Waals surface area contributed by atoms with Crippen molar-refractivity contribution in [2.24, 2.45) is 12.0 Å². The number of nitrogens with zero attached hydrogens (tertiary/aromatic N) is 4. The van der Waals surface area contributed by atoms with E-state index in [-0.39, 0.29) is 0 Å². The SMILES string of the molecule is Cc1nnc(C=Nc2ccc[nH]2)n1C. The summed E-state index contributed by atoms with van der Waals surface area (Å²) in [5, 5.41) is 7.89. The molecule has 0 saturated carbocycles. The molecule has 2 rings (SSSR count). The Kier molecular flexibility index (Phi) is 2.14. The summed E-state index contributed by atoms with van der Waals surface area (Å²) in [6.07, 6.45) is 3.51. The van der Waals surface area contributed by atoms with Crippen molar-refractivity contribution in [3.8, 4) is 0 Å². The summed E-state index contributed by atoms with van der Waals surface area (Å²) in [5.41, 5.74) is 0. The number of rotatable bonds is 2. The van der Waals surface area contributed by atoms with Crippen LogP contribution in [0.1, 0.15) is 11.6 Å². The molecule has 2 heterocycles. The van der Waals surface area contributed by atoms with Gasteiger partial charge in [-0.15, -0.1) is 10.2 Å². The minimum absolute atomic E-state index is 0.747. The lowest BCUT2D eigenvalue weighted by Crippen LogP contribution is -1.97. The van der Waals surface area contributed by atoms with E-state index >= 15 is 0 Å². The van der Waals surface area contributed by atoms with Gasteiger partial charge in [-0.05, 0) is 19.1 Å². The third-order valence-electron chi connectivity index (χ3n) is 2.03. The van der Waals surface area contributed by atoms with E-state index in [9.17, 15) is 0 Å².